The van der Waals surface area contributed by atoms with E-state index >= 15 is 0 Å². The molecule has 0 saturated carbocycles. The number of esters is 1. The van der Waals surface area contributed by atoms with Gasteiger partial charge in [-0.3, -0.25) is 4.79 Å². The number of hydrogen-bond donors (Lipinski definition) is 2. The van der Waals surface area contributed by atoms with Crippen LogP contribution in [0.3, 0.4) is 0 Å². The number of thiophene rings is 1. The van der Waals surface area contributed by atoms with Crippen molar-refractivity contribution in [3.8, 4) is 0 Å². The Kier molecular flexibility index (Phi) is 6.86. The molecular weight excluding hydrogens is 250 g/mol. The zero-order valence-electron chi connectivity index (χ0n) is 10.7. The van der Waals surface area contributed by atoms with Crippen LogP contribution in [0.15, 0.2) is 21.8 Å². The molecule has 2 N–H and O–H groups in total. The van der Waals surface area contributed by atoms with Crippen LogP contribution in [0.5, 0.6) is 0 Å². The van der Waals surface area contributed by atoms with Gasteiger partial charge >= 0.3 is 5.97 Å². The van der Waals surface area contributed by atoms with E-state index < -0.39 is 0 Å². The van der Waals surface area contributed by atoms with E-state index in [9.17, 15) is 4.79 Å². The zero-order valence-corrected chi connectivity index (χ0v) is 11.5. The normalized spacial score (nSPS) is 11.1. The average molecular weight is 269 g/mol. The smallest absolute Gasteiger partial charge is 0.307 e. The molecule has 5 nitrogen and oxygen atoms in total. The molecule has 1 rings (SSSR count). The second kappa shape index (κ2) is 8.52. The molecule has 0 aliphatic heterocycles. The summed E-state index contributed by atoms with van der Waals surface area (Å²) in [6, 6.07) is 2.05. The highest BCUT2D eigenvalue weighted by Crippen LogP contribution is 2.06. The molecule has 0 amide bonds. The second-order valence-corrected chi connectivity index (χ2v) is 4.36. The van der Waals surface area contributed by atoms with E-state index in [1.54, 1.807) is 11.3 Å². The molecule has 0 atom stereocenters. The van der Waals surface area contributed by atoms with E-state index in [1.165, 1.54) is 12.7 Å². The molecule has 100 valence electrons. The van der Waals surface area contributed by atoms with Crippen molar-refractivity contribution < 1.29 is 9.53 Å². The first-order valence-electron chi connectivity index (χ1n) is 5.86. The van der Waals surface area contributed by atoms with E-state index in [-0.39, 0.29) is 5.97 Å². The summed E-state index contributed by atoms with van der Waals surface area (Å²) in [4.78, 5) is 15.4. The van der Waals surface area contributed by atoms with Crippen molar-refractivity contribution in [1.82, 2.24) is 10.6 Å². The van der Waals surface area contributed by atoms with Crippen LogP contribution in [0.25, 0.3) is 0 Å². The predicted molar refractivity (Wildman–Crippen MR) is 73.8 cm³/mol. The number of carbonyl (C=O) groups excluding carboxylic acids is 1. The largest absolute Gasteiger partial charge is 0.469 e. The maximum Gasteiger partial charge on any atom is 0.307 e. The molecule has 0 bridgehead atoms. The lowest BCUT2D eigenvalue weighted by Crippen LogP contribution is -2.38. The first kappa shape index (κ1) is 14.5. The summed E-state index contributed by atoms with van der Waals surface area (Å²) in [5, 5.41) is 10.3. The molecule has 0 aromatic carbocycles. The molecule has 0 radical (unpaired) electrons. The van der Waals surface area contributed by atoms with Crippen LogP contribution in [0.1, 0.15) is 18.9 Å². The van der Waals surface area contributed by atoms with E-state index in [1.807, 2.05) is 18.4 Å². The Morgan fingerprint density at radius 2 is 2.33 bits per heavy atom. The number of ether oxygens (including phenoxy) is 1. The van der Waals surface area contributed by atoms with Crippen molar-refractivity contribution in [3.05, 3.63) is 22.4 Å². The Morgan fingerprint density at radius 1 is 1.50 bits per heavy atom. The number of nitrogens with one attached hydrogen (secondary N) is 2. The molecule has 18 heavy (non-hydrogen) atoms. The lowest BCUT2D eigenvalue weighted by molar-refractivity contribution is -0.140. The van der Waals surface area contributed by atoms with Gasteiger partial charge in [0, 0.05) is 13.1 Å². The second-order valence-electron chi connectivity index (χ2n) is 3.58. The summed E-state index contributed by atoms with van der Waals surface area (Å²) >= 11 is 1.66. The van der Waals surface area contributed by atoms with Gasteiger partial charge in [0.1, 0.15) is 0 Å². The summed E-state index contributed by atoms with van der Waals surface area (Å²) in [5.41, 5.74) is 1.19. The van der Waals surface area contributed by atoms with Gasteiger partial charge in [-0.1, -0.05) is 0 Å². The molecule has 0 fully saturated rings. The van der Waals surface area contributed by atoms with E-state index in [0.29, 0.717) is 25.5 Å². The number of carbonyl (C=O) groups is 1. The quantitative estimate of drug-likeness (QED) is 0.465. The van der Waals surface area contributed by atoms with Gasteiger partial charge in [-0.2, -0.15) is 11.3 Å². The molecule has 1 heterocycles. The minimum atomic E-state index is -0.226. The van der Waals surface area contributed by atoms with Crippen molar-refractivity contribution in [2.75, 3.05) is 20.2 Å². The molecule has 0 spiro atoms. The number of guanidine groups is 1. The zero-order chi connectivity index (χ0) is 13.2. The minimum absolute atomic E-state index is 0.226. The van der Waals surface area contributed by atoms with Gasteiger partial charge in [-0.15, -0.1) is 0 Å². The molecule has 0 aliphatic rings. The number of methoxy groups -OCH3 is 1. The van der Waals surface area contributed by atoms with Gasteiger partial charge in [0.15, 0.2) is 5.96 Å². The molecule has 1 aromatic heterocycles. The molecule has 0 unspecified atom stereocenters. The van der Waals surface area contributed by atoms with Crippen LogP contribution >= 0.6 is 11.3 Å². The minimum Gasteiger partial charge on any atom is -0.469 e. The summed E-state index contributed by atoms with van der Waals surface area (Å²) in [5.74, 6) is 0.490. The van der Waals surface area contributed by atoms with Gasteiger partial charge in [0.2, 0.25) is 0 Å². The monoisotopic (exact) mass is 269 g/mol. The highest BCUT2D eigenvalue weighted by molar-refractivity contribution is 7.07. The molecular formula is C12H19N3O2S. The summed E-state index contributed by atoms with van der Waals surface area (Å²) < 4.78 is 4.57. The van der Waals surface area contributed by atoms with E-state index in [4.69, 9.17) is 0 Å². The summed E-state index contributed by atoms with van der Waals surface area (Å²) in [6.07, 6.45) is 0.333. The Bertz CT molecular complexity index is 377. The van der Waals surface area contributed by atoms with Gasteiger partial charge in [-0.05, 0) is 29.3 Å². The Balaban J connectivity index is 2.38. The van der Waals surface area contributed by atoms with Gasteiger partial charge in [0.05, 0.1) is 20.1 Å². The molecule has 6 heteroatoms. The number of rotatable bonds is 6. The molecule has 0 saturated heterocycles. The third-order valence-corrected chi connectivity index (χ3v) is 2.93. The topological polar surface area (TPSA) is 62.7 Å². The third-order valence-electron chi connectivity index (χ3n) is 2.19. The first-order valence-corrected chi connectivity index (χ1v) is 6.80. The Hall–Kier alpha value is -1.56. The first-order chi connectivity index (χ1) is 8.76. The van der Waals surface area contributed by atoms with Crippen molar-refractivity contribution >= 4 is 23.3 Å². The fraction of sp³-hybridized carbons (Fsp3) is 0.500. The fourth-order valence-electron chi connectivity index (χ4n) is 1.28. The van der Waals surface area contributed by atoms with Crippen LogP contribution in [0.4, 0.5) is 0 Å². The number of aliphatic imine (C=N–C) groups is 1. The van der Waals surface area contributed by atoms with Crippen LogP contribution in [-0.2, 0) is 16.1 Å². The third kappa shape index (κ3) is 5.67. The van der Waals surface area contributed by atoms with Crippen LogP contribution in [-0.4, -0.2) is 32.1 Å². The van der Waals surface area contributed by atoms with Crippen molar-refractivity contribution in [2.45, 2.75) is 19.9 Å². The maximum absolute atomic E-state index is 11.0. The maximum atomic E-state index is 11.0. The van der Waals surface area contributed by atoms with Crippen LogP contribution in [0, 0.1) is 0 Å². The van der Waals surface area contributed by atoms with Crippen molar-refractivity contribution in [3.63, 3.8) is 0 Å². The fourth-order valence-corrected chi connectivity index (χ4v) is 1.94. The summed E-state index contributed by atoms with van der Waals surface area (Å²) in [6.45, 7) is 3.94. The predicted octanol–water partition coefficient (Wildman–Crippen LogP) is 1.37. The average Bonchev–Trinajstić information content (AvgIpc) is 2.88. The summed E-state index contributed by atoms with van der Waals surface area (Å²) in [7, 11) is 1.39. The lowest BCUT2D eigenvalue weighted by atomic mass is 10.3. The highest BCUT2D eigenvalue weighted by atomic mass is 32.1. The Labute approximate surface area is 111 Å². The molecule has 1 aromatic rings. The van der Waals surface area contributed by atoms with Gasteiger partial charge < -0.3 is 15.4 Å². The van der Waals surface area contributed by atoms with Gasteiger partial charge in [-0.25, -0.2) is 4.99 Å². The molecule has 0 aliphatic carbocycles. The lowest BCUT2D eigenvalue weighted by Gasteiger charge is -2.10. The highest BCUT2D eigenvalue weighted by Gasteiger charge is 2.01. The number of hydrogen-bond acceptors (Lipinski definition) is 4. The SMILES string of the molecule is CCNC(=NCc1ccsc1)NCCC(=O)OC. The standard InChI is InChI=1S/C12H19N3O2S/c1-3-13-12(14-6-4-11(16)17-2)15-8-10-5-7-18-9-10/h5,7,9H,3-4,6,8H2,1-2H3,(H2,13,14,15). The van der Waals surface area contributed by atoms with Gasteiger partial charge in [0.25, 0.3) is 0 Å². The van der Waals surface area contributed by atoms with E-state index in [2.05, 4.69) is 25.7 Å². The van der Waals surface area contributed by atoms with Crippen molar-refractivity contribution in [2.24, 2.45) is 4.99 Å². The van der Waals surface area contributed by atoms with Crippen molar-refractivity contribution in [1.29, 1.82) is 0 Å². The Morgan fingerprint density at radius 3 is 2.94 bits per heavy atom. The number of nitrogens with zero attached hydrogens (tertiary/aromatic N) is 1. The van der Waals surface area contributed by atoms with Crippen LogP contribution in [0.2, 0.25) is 0 Å². The van der Waals surface area contributed by atoms with E-state index in [0.717, 1.165) is 6.54 Å². The van der Waals surface area contributed by atoms with Crippen LogP contribution < -0.4 is 10.6 Å².